The van der Waals surface area contributed by atoms with Crippen LogP contribution in [0.1, 0.15) is 5.56 Å². The summed E-state index contributed by atoms with van der Waals surface area (Å²) < 4.78 is 0. The molecule has 0 bridgehead atoms. The van der Waals surface area contributed by atoms with Gasteiger partial charge < -0.3 is 0 Å². The minimum Gasteiger partial charge on any atom is -0.265 e. The number of fused-ring (bicyclic) bond motifs is 1. The maximum absolute atomic E-state index is 4.49. The monoisotopic (exact) mass is 244 g/mol. The highest BCUT2D eigenvalue weighted by molar-refractivity contribution is 5.95. The summed E-state index contributed by atoms with van der Waals surface area (Å²) in [6.07, 6.45) is 7.27. The molecule has 2 heteroatoms. The molecule has 19 heavy (non-hydrogen) atoms. The minimum absolute atomic E-state index is 0.995. The third-order valence-corrected chi connectivity index (χ3v) is 2.99. The number of aromatic nitrogens is 2. The van der Waals surface area contributed by atoms with Crippen LogP contribution in [0, 0.1) is 0 Å². The fourth-order valence-corrected chi connectivity index (χ4v) is 2.17. The lowest BCUT2D eigenvalue weighted by molar-refractivity contribution is 1.33. The molecule has 0 N–H and O–H groups in total. The highest BCUT2D eigenvalue weighted by Gasteiger charge is 2.06. The van der Waals surface area contributed by atoms with Gasteiger partial charge in [0.2, 0.25) is 0 Å². The van der Waals surface area contributed by atoms with Crippen molar-refractivity contribution in [1.82, 2.24) is 9.97 Å². The van der Waals surface area contributed by atoms with Gasteiger partial charge >= 0.3 is 0 Å². The maximum Gasteiger partial charge on any atom is 0.0780 e. The zero-order valence-corrected chi connectivity index (χ0v) is 10.4. The Hall–Kier alpha value is -2.70. The Kier molecular flexibility index (Phi) is 2.93. The Balaban J connectivity index is 2.35. The number of benzene rings is 1. The van der Waals surface area contributed by atoms with Crippen molar-refractivity contribution in [3.8, 4) is 11.1 Å². The first-order chi connectivity index (χ1) is 9.38. The fourth-order valence-electron chi connectivity index (χ4n) is 2.17. The second kappa shape index (κ2) is 4.89. The number of rotatable bonds is 2. The third-order valence-electron chi connectivity index (χ3n) is 2.99. The predicted molar refractivity (Wildman–Crippen MR) is 78.6 cm³/mol. The molecule has 2 nitrogen and oxygen atoms in total. The van der Waals surface area contributed by atoms with Crippen molar-refractivity contribution in [3.63, 3.8) is 0 Å². The van der Waals surface area contributed by atoms with Crippen LogP contribution in [0.4, 0.5) is 0 Å². The Morgan fingerprint density at radius 3 is 2.68 bits per heavy atom. The zero-order chi connectivity index (χ0) is 13.1. The molecule has 0 fully saturated rings. The topological polar surface area (TPSA) is 25.8 Å². The van der Waals surface area contributed by atoms with Crippen LogP contribution in [-0.4, -0.2) is 9.97 Å². The Morgan fingerprint density at radius 1 is 1.05 bits per heavy atom. The molecule has 0 spiro atoms. The number of nitrogens with zero attached hydrogens (tertiary/aromatic N) is 2. The Labute approximate surface area is 111 Å². The van der Waals surface area contributed by atoms with Crippen LogP contribution in [-0.2, 0) is 0 Å². The number of hydrogen-bond acceptors (Lipinski definition) is 2. The van der Waals surface area contributed by atoms with Gasteiger partial charge in [-0.25, -0.2) is 0 Å². The Bertz CT molecular complexity index is 770. The molecule has 0 aliphatic carbocycles. The second-order valence-corrected chi connectivity index (χ2v) is 4.23. The van der Waals surface area contributed by atoms with E-state index in [2.05, 4.69) is 40.5 Å². The van der Waals surface area contributed by atoms with Crippen molar-refractivity contribution in [2.75, 3.05) is 0 Å². The first kappa shape index (κ1) is 11.4. The van der Waals surface area contributed by atoms with E-state index in [1.807, 2.05) is 30.5 Å². The fraction of sp³-hybridized carbons (Fsp3) is 0. The van der Waals surface area contributed by atoms with E-state index in [4.69, 9.17) is 0 Å². The largest absolute Gasteiger partial charge is 0.265 e. The standard InChI is InChI=1S/C17H12N2/c1-2-4-13-11-15-5-3-8-19-17(15)16(12-13)14-6-9-18-10-7-14/h3-12H,1H2. The first-order valence-electron chi connectivity index (χ1n) is 6.03. The van der Waals surface area contributed by atoms with Crippen LogP contribution in [0.25, 0.3) is 28.1 Å². The van der Waals surface area contributed by atoms with Gasteiger partial charge in [0, 0.05) is 29.5 Å². The summed E-state index contributed by atoms with van der Waals surface area (Å²) >= 11 is 0. The zero-order valence-electron chi connectivity index (χ0n) is 10.4. The van der Waals surface area contributed by atoms with Crippen molar-refractivity contribution in [1.29, 1.82) is 0 Å². The molecule has 0 saturated carbocycles. The van der Waals surface area contributed by atoms with Gasteiger partial charge in [-0.2, -0.15) is 0 Å². The van der Waals surface area contributed by atoms with E-state index in [0.29, 0.717) is 0 Å². The summed E-state index contributed by atoms with van der Waals surface area (Å²) in [5.41, 5.74) is 7.09. The molecule has 0 atom stereocenters. The highest BCUT2D eigenvalue weighted by Crippen LogP contribution is 2.28. The smallest absolute Gasteiger partial charge is 0.0780 e. The third kappa shape index (κ3) is 2.17. The lowest BCUT2D eigenvalue weighted by Crippen LogP contribution is -1.87. The summed E-state index contributed by atoms with van der Waals surface area (Å²) in [7, 11) is 0. The molecule has 0 unspecified atom stereocenters. The van der Waals surface area contributed by atoms with Gasteiger partial charge in [0.1, 0.15) is 0 Å². The average molecular weight is 244 g/mol. The lowest BCUT2D eigenvalue weighted by Gasteiger charge is -2.07. The number of pyridine rings is 2. The molecule has 0 aliphatic rings. The van der Waals surface area contributed by atoms with Crippen molar-refractivity contribution in [2.24, 2.45) is 0 Å². The summed E-state index contributed by atoms with van der Waals surface area (Å²) in [6.45, 7) is 3.63. The summed E-state index contributed by atoms with van der Waals surface area (Å²) in [5, 5.41) is 1.11. The number of hydrogen-bond donors (Lipinski definition) is 0. The average Bonchev–Trinajstić information content (AvgIpc) is 2.48. The van der Waals surface area contributed by atoms with Gasteiger partial charge in [-0.05, 0) is 47.5 Å². The quantitative estimate of drug-likeness (QED) is 0.634. The van der Waals surface area contributed by atoms with E-state index in [-0.39, 0.29) is 0 Å². The Morgan fingerprint density at radius 2 is 1.89 bits per heavy atom. The van der Waals surface area contributed by atoms with Crippen LogP contribution in [0.3, 0.4) is 0 Å². The summed E-state index contributed by atoms with van der Waals surface area (Å²) in [6, 6.07) is 12.2. The molecular formula is C17H12N2. The molecule has 2 heterocycles. The molecule has 90 valence electrons. The van der Waals surface area contributed by atoms with E-state index in [1.54, 1.807) is 12.4 Å². The molecular weight excluding hydrogens is 232 g/mol. The molecule has 3 rings (SSSR count). The normalized spacial score (nSPS) is 10.1. The van der Waals surface area contributed by atoms with Crippen LogP contribution in [0.5, 0.6) is 0 Å². The van der Waals surface area contributed by atoms with E-state index in [1.165, 1.54) is 0 Å². The SMILES string of the molecule is C=C=Cc1cc(-c2ccncc2)c2ncccc2c1. The van der Waals surface area contributed by atoms with Crippen LogP contribution >= 0.6 is 0 Å². The highest BCUT2D eigenvalue weighted by atomic mass is 14.7. The predicted octanol–water partition coefficient (Wildman–Crippen LogP) is 4.09. The van der Waals surface area contributed by atoms with Gasteiger partial charge in [-0.15, -0.1) is 5.73 Å². The van der Waals surface area contributed by atoms with Crippen molar-refractivity contribution < 1.29 is 0 Å². The van der Waals surface area contributed by atoms with E-state index >= 15 is 0 Å². The summed E-state index contributed by atoms with van der Waals surface area (Å²) in [4.78, 5) is 8.55. The molecule has 0 saturated heterocycles. The van der Waals surface area contributed by atoms with Crippen LogP contribution in [0.2, 0.25) is 0 Å². The van der Waals surface area contributed by atoms with Crippen molar-refractivity contribution in [2.45, 2.75) is 0 Å². The van der Waals surface area contributed by atoms with Gasteiger partial charge in [-0.1, -0.05) is 12.6 Å². The second-order valence-electron chi connectivity index (χ2n) is 4.23. The molecule has 0 aliphatic heterocycles. The lowest BCUT2D eigenvalue weighted by atomic mass is 9.99. The van der Waals surface area contributed by atoms with E-state index < -0.39 is 0 Å². The van der Waals surface area contributed by atoms with Crippen molar-refractivity contribution in [3.05, 3.63) is 72.9 Å². The molecule has 0 amide bonds. The molecule has 0 radical (unpaired) electrons. The maximum atomic E-state index is 4.49. The van der Waals surface area contributed by atoms with Gasteiger partial charge in [-0.3, -0.25) is 9.97 Å². The summed E-state index contributed by atoms with van der Waals surface area (Å²) in [5.74, 6) is 0. The molecule has 3 aromatic rings. The minimum atomic E-state index is 0.995. The van der Waals surface area contributed by atoms with E-state index in [0.717, 1.165) is 27.6 Å². The van der Waals surface area contributed by atoms with Crippen LogP contribution in [0.15, 0.2) is 67.3 Å². The molecule has 1 aromatic carbocycles. The van der Waals surface area contributed by atoms with Gasteiger partial charge in [0.05, 0.1) is 5.52 Å². The molecule has 2 aromatic heterocycles. The van der Waals surface area contributed by atoms with Crippen LogP contribution < -0.4 is 0 Å². The van der Waals surface area contributed by atoms with Gasteiger partial charge in [0.15, 0.2) is 0 Å². The van der Waals surface area contributed by atoms with E-state index in [9.17, 15) is 0 Å². The van der Waals surface area contributed by atoms with Crippen molar-refractivity contribution >= 4 is 17.0 Å². The van der Waals surface area contributed by atoms with Gasteiger partial charge in [0.25, 0.3) is 0 Å². The first-order valence-corrected chi connectivity index (χ1v) is 6.03.